The Kier molecular flexibility index (Phi) is 6.04. The van der Waals surface area contributed by atoms with Gasteiger partial charge in [-0.1, -0.05) is 24.6 Å². The van der Waals surface area contributed by atoms with E-state index in [1.54, 1.807) is 0 Å². The van der Waals surface area contributed by atoms with E-state index in [9.17, 15) is 9.18 Å². The quantitative estimate of drug-likeness (QED) is 0.882. The zero-order valence-corrected chi connectivity index (χ0v) is 12.2. The average molecular weight is 307 g/mol. The number of carbonyl (C=O) groups is 1. The number of rotatable bonds is 2. The summed E-state index contributed by atoms with van der Waals surface area (Å²) >= 11 is 5.87. The maximum Gasteiger partial charge on any atom is 0.256 e. The van der Waals surface area contributed by atoms with Gasteiger partial charge in [-0.15, -0.1) is 12.4 Å². The highest BCUT2D eigenvalue weighted by Crippen LogP contribution is 2.20. The number of hydrogen-bond donors (Lipinski definition) is 2. The van der Waals surface area contributed by atoms with Crippen molar-refractivity contribution in [3.63, 3.8) is 0 Å². The SMILES string of the molecule is CC1CNCCC1NC(=O)c1c(F)cccc1Cl.Cl. The van der Waals surface area contributed by atoms with Gasteiger partial charge >= 0.3 is 0 Å². The second-order valence-electron chi connectivity index (χ2n) is 4.65. The summed E-state index contributed by atoms with van der Waals surface area (Å²) in [4.78, 5) is 12.0. The molecule has 6 heteroatoms. The fraction of sp³-hybridized carbons (Fsp3) is 0.462. The largest absolute Gasteiger partial charge is 0.349 e. The van der Waals surface area contributed by atoms with Crippen LogP contribution in [0.5, 0.6) is 0 Å². The number of amides is 1. The van der Waals surface area contributed by atoms with E-state index >= 15 is 0 Å². The van der Waals surface area contributed by atoms with Crippen LogP contribution in [0.4, 0.5) is 4.39 Å². The number of halogens is 3. The first-order valence-electron chi connectivity index (χ1n) is 6.05. The molecule has 1 amide bonds. The van der Waals surface area contributed by atoms with Crippen LogP contribution in [0.25, 0.3) is 0 Å². The maximum atomic E-state index is 13.6. The van der Waals surface area contributed by atoms with Crippen molar-refractivity contribution in [3.05, 3.63) is 34.6 Å². The van der Waals surface area contributed by atoms with Gasteiger partial charge in [0.1, 0.15) is 5.82 Å². The molecule has 1 fully saturated rings. The minimum absolute atomic E-state index is 0. The summed E-state index contributed by atoms with van der Waals surface area (Å²) in [6, 6.07) is 4.31. The summed E-state index contributed by atoms with van der Waals surface area (Å²) < 4.78 is 13.6. The second kappa shape index (κ2) is 7.08. The van der Waals surface area contributed by atoms with Crippen molar-refractivity contribution in [1.29, 1.82) is 0 Å². The summed E-state index contributed by atoms with van der Waals surface area (Å²) in [6.45, 7) is 3.77. The lowest BCUT2D eigenvalue weighted by atomic mass is 9.95. The molecule has 19 heavy (non-hydrogen) atoms. The smallest absolute Gasteiger partial charge is 0.256 e. The van der Waals surface area contributed by atoms with Gasteiger partial charge in [0, 0.05) is 6.04 Å². The average Bonchev–Trinajstić information content (AvgIpc) is 2.32. The Morgan fingerprint density at radius 3 is 2.89 bits per heavy atom. The van der Waals surface area contributed by atoms with Gasteiger partial charge in [-0.3, -0.25) is 4.79 Å². The van der Waals surface area contributed by atoms with E-state index in [1.807, 2.05) is 0 Å². The molecular formula is C13H17Cl2FN2O. The Morgan fingerprint density at radius 2 is 2.26 bits per heavy atom. The molecule has 1 heterocycles. The minimum atomic E-state index is -0.582. The maximum absolute atomic E-state index is 13.6. The van der Waals surface area contributed by atoms with E-state index in [-0.39, 0.29) is 29.0 Å². The third-order valence-electron chi connectivity index (χ3n) is 3.29. The number of piperidine rings is 1. The molecule has 1 aliphatic heterocycles. The van der Waals surface area contributed by atoms with Crippen LogP contribution in [0, 0.1) is 11.7 Å². The molecule has 0 aromatic heterocycles. The van der Waals surface area contributed by atoms with Gasteiger partial charge in [0.25, 0.3) is 5.91 Å². The van der Waals surface area contributed by atoms with Crippen LogP contribution < -0.4 is 10.6 Å². The Bertz CT molecular complexity index is 436. The van der Waals surface area contributed by atoms with E-state index in [1.165, 1.54) is 18.2 Å². The standard InChI is InChI=1S/C13H16ClFN2O.ClH/c1-8-7-16-6-5-11(8)17-13(18)12-9(14)3-2-4-10(12)15;/h2-4,8,11,16H,5-7H2,1H3,(H,17,18);1H. The molecule has 0 radical (unpaired) electrons. The van der Waals surface area contributed by atoms with Gasteiger partial charge in [-0.05, 0) is 37.6 Å². The van der Waals surface area contributed by atoms with E-state index in [2.05, 4.69) is 17.6 Å². The molecule has 1 saturated heterocycles. The normalized spacial score (nSPS) is 22.5. The Balaban J connectivity index is 0.00000180. The fourth-order valence-corrected chi connectivity index (χ4v) is 2.43. The highest BCUT2D eigenvalue weighted by Gasteiger charge is 2.25. The molecule has 2 atom stereocenters. The van der Waals surface area contributed by atoms with Crippen molar-refractivity contribution >= 4 is 29.9 Å². The molecule has 0 aliphatic carbocycles. The summed E-state index contributed by atoms with van der Waals surface area (Å²) in [5, 5.41) is 6.26. The summed E-state index contributed by atoms with van der Waals surface area (Å²) in [7, 11) is 0. The molecule has 1 aromatic carbocycles. The van der Waals surface area contributed by atoms with Crippen molar-refractivity contribution in [3.8, 4) is 0 Å². The number of carbonyl (C=O) groups excluding carboxylic acids is 1. The predicted molar refractivity (Wildman–Crippen MR) is 76.6 cm³/mol. The molecule has 0 saturated carbocycles. The van der Waals surface area contributed by atoms with Gasteiger partial charge in [0.2, 0.25) is 0 Å². The molecule has 1 aliphatic rings. The molecular weight excluding hydrogens is 290 g/mol. The van der Waals surface area contributed by atoms with Crippen LogP contribution in [0.3, 0.4) is 0 Å². The summed E-state index contributed by atoms with van der Waals surface area (Å²) in [5.74, 6) is -0.688. The third kappa shape index (κ3) is 3.81. The number of hydrogen-bond acceptors (Lipinski definition) is 2. The zero-order chi connectivity index (χ0) is 13.1. The molecule has 2 N–H and O–H groups in total. The molecule has 3 nitrogen and oxygen atoms in total. The molecule has 0 spiro atoms. The van der Waals surface area contributed by atoms with Crippen LogP contribution in [0.15, 0.2) is 18.2 Å². The van der Waals surface area contributed by atoms with Gasteiger partial charge in [-0.2, -0.15) is 0 Å². The van der Waals surface area contributed by atoms with E-state index in [4.69, 9.17) is 11.6 Å². The topological polar surface area (TPSA) is 41.1 Å². The summed E-state index contributed by atoms with van der Waals surface area (Å²) in [6.07, 6.45) is 0.846. The van der Waals surface area contributed by atoms with E-state index in [0.717, 1.165) is 19.5 Å². The fourth-order valence-electron chi connectivity index (χ4n) is 2.18. The Morgan fingerprint density at radius 1 is 1.53 bits per heavy atom. The highest BCUT2D eigenvalue weighted by molar-refractivity contribution is 6.33. The van der Waals surface area contributed by atoms with Crippen LogP contribution in [-0.4, -0.2) is 25.0 Å². The Labute approximate surface area is 123 Å². The van der Waals surface area contributed by atoms with Crippen molar-refractivity contribution < 1.29 is 9.18 Å². The number of benzene rings is 1. The lowest BCUT2D eigenvalue weighted by Crippen LogP contribution is -2.48. The number of nitrogens with one attached hydrogen (secondary N) is 2. The van der Waals surface area contributed by atoms with Gasteiger partial charge in [0.05, 0.1) is 10.6 Å². The molecule has 2 unspecified atom stereocenters. The molecule has 1 aromatic rings. The van der Waals surface area contributed by atoms with Gasteiger partial charge in [-0.25, -0.2) is 4.39 Å². The van der Waals surface area contributed by atoms with E-state index in [0.29, 0.717) is 5.92 Å². The lowest BCUT2D eigenvalue weighted by molar-refractivity contribution is 0.0910. The van der Waals surface area contributed by atoms with Crippen molar-refractivity contribution in [2.75, 3.05) is 13.1 Å². The highest BCUT2D eigenvalue weighted by atomic mass is 35.5. The molecule has 0 bridgehead atoms. The first-order valence-corrected chi connectivity index (χ1v) is 6.43. The Hall–Kier alpha value is -0.840. The molecule has 106 valence electrons. The third-order valence-corrected chi connectivity index (χ3v) is 3.61. The zero-order valence-electron chi connectivity index (χ0n) is 10.6. The van der Waals surface area contributed by atoms with Crippen LogP contribution in [-0.2, 0) is 0 Å². The van der Waals surface area contributed by atoms with Crippen LogP contribution in [0.1, 0.15) is 23.7 Å². The predicted octanol–water partition coefficient (Wildman–Crippen LogP) is 2.63. The summed E-state index contributed by atoms with van der Waals surface area (Å²) in [5.41, 5.74) is -0.0649. The van der Waals surface area contributed by atoms with Gasteiger partial charge in [0.15, 0.2) is 0 Å². The van der Waals surface area contributed by atoms with Crippen LogP contribution >= 0.6 is 24.0 Å². The first-order chi connectivity index (χ1) is 8.59. The van der Waals surface area contributed by atoms with Crippen molar-refractivity contribution in [2.45, 2.75) is 19.4 Å². The van der Waals surface area contributed by atoms with E-state index < -0.39 is 11.7 Å². The molecule has 2 rings (SSSR count). The van der Waals surface area contributed by atoms with Crippen molar-refractivity contribution in [1.82, 2.24) is 10.6 Å². The van der Waals surface area contributed by atoms with Crippen molar-refractivity contribution in [2.24, 2.45) is 5.92 Å². The monoisotopic (exact) mass is 306 g/mol. The first kappa shape index (κ1) is 16.2. The second-order valence-corrected chi connectivity index (χ2v) is 5.05. The van der Waals surface area contributed by atoms with Gasteiger partial charge < -0.3 is 10.6 Å². The minimum Gasteiger partial charge on any atom is -0.349 e. The van der Waals surface area contributed by atoms with Crippen LogP contribution in [0.2, 0.25) is 5.02 Å². The lowest BCUT2D eigenvalue weighted by Gasteiger charge is -2.30.